The number of likely N-dealkylation sites (tertiary alicyclic amines) is 1. The van der Waals surface area contributed by atoms with Gasteiger partial charge in [0.05, 0.1) is 19.1 Å². The fourth-order valence-electron chi connectivity index (χ4n) is 2.57. The Bertz CT molecular complexity index is 264. The molecule has 0 bridgehead atoms. The molecule has 2 saturated heterocycles. The molecule has 0 amide bonds. The van der Waals surface area contributed by atoms with Gasteiger partial charge in [0, 0.05) is 31.6 Å². The molecule has 5 nitrogen and oxygen atoms in total. The van der Waals surface area contributed by atoms with Crippen molar-refractivity contribution in [3.8, 4) is 0 Å². The number of carboxylic acids is 1. The van der Waals surface area contributed by atoms with Crippen LogP contribution in [-0.2, 0) is 9.53 Å². The Hall–Kier alpha value is -0.650. The molecule has 5 heteroatoms. The van der Waals surface area contributed by atoms with Crippen molar-refractivity contribution in [1.82, 2.24) is 9.80 Å². The number of hydrogen-bond acceptors (Lipinski definition) is 4. The van der Waals surface area contributed by atoms with E-state index in [-0.39, 0.29) is 5.92 Å². The van der Waals surface area contributed by atoms with Gasteiger partial charge >= 0.3 is 5.97 Å². The Morgan fingerprint density at radius 3 is 2.69 bits per heavy atom. The summed E-state index contributed by atoms with van der Waals surface area (Å²) in [5.41, 5.74) is 0. The van der Waals surface area contributed by atoms with E-state index in [0.29, 0.717) is 25.0 Å². The van der Waals surface area contributed by atoms with Crippen molar-refractivity contribution in [2.75, 3.05) is 46.9 Å². The van der Waals surface area contributed by atoms with Crippen LogP contribution in [0.15, 0.2) is 0 Å². The minimum Gasteiger partial charge on any atom is -0.481 e. The monoisotopic (exact) mass is 228 g/mol. The highest BCUT2D eigenvalue weighted by molar-refractivity contribution is 5.71. The summed E-state index contributed by atoms with van der Waals surface area (Å²) in [6.07, 6.45) is 0. The first-order valence-corrected chi connectivity index (χ1v) is 5.77. The molecule has 0 spiro atoms. The molecule has 2 unspecified atom stereocenters. The SMILES string of the molecule is CN(C)CC1COCC1N1CC(C(=O)O)C1. The molecular formula is C11H20N2O3. The van der Waals surface area contributed by atoms with Crippen molar-refractivity contribution in [2.45, 2.75) is 6.04 Å². The fraction of sp³-hybridized carbons (Fsp3) is 0.909. The normalized spacial score (nSPS) is 31.9. The molecule has 2 aliphatic rings. The van der Waals surface area contributed by atoms with Gasteiger partial charge in [0.2, 0.25) is 0 Å². The lowest BCUT2D eigenvalue weighted by Crippen LogP contribution is -2.57. The Morgan fingerprint density at radius 1 is 1.44 bits per heavy atom. The van der Waals surface area contributed by atoms with Gasteiger partial charge in [0.15, 0.2) is 0 Å². The van der Waals surface area contributed by atoms with E-state index in [0.717, 1.165) is 19.8 Å². The first-order valence-electron chi connectivity index (χ1n) is 5.77. The predicted octanol–water partition coefficient (Wildman–Crippen LogP) is -0.421. The van der Waals surface area contributed by atoms with Gasteiger partial charge in [-0.3, -0.25) is 9.69 Å². The first kappa shape index (κ1) is 11.8. The van der Waals surface area contributed by atoms with Gasteiger partial charge < -0.3 is 14.7 Å². The minimum absolute atomic E-state index is 0.166. The molecule has 0 radical (unpaired) electrons. The second kappa shape index (κ2) is 4.69. The lowest BCUT2D eigenvalue weighted by atomic mass is 9.93. The van der Waals surface area contributed by atoms with E-state index in [1.165, 1.54) is 0 Å². The number of aliphatic carboxylic acids is 1. The van der Waals surface area contributed by atoms with E-state index in [9.17, 15) is 4.79 Å². The maximum absolute atomic E-state index is 10.7. The number of nitrogens with zero attached hydrogens (tertiary/aromatic N) is 2. The second-order valence-electron chi connectivity index (χ2n) is 5.12. The van der Waals surface area contributed by atoms with Gasteiger partial charge in [-0.15, -0.1) is 0 Å². The van der Waals surface area contributed by atoms with Gasteiger partial charge in [-0.1, -0.05) is 0 Å². The smallest absolute Gasteiger partial charge is 0.309 e. The van der Waals surface area contributed by atoms with Crippen LogP contribution >= 0.6 is 0 Å². The van der Waals surface area contributed by atoms with Crippen LogP contribution in [-0.4, -0.2) is 73.9 Å². The molecule has 16 heavy (non-hydrogen) atoms. The van der Waals surface area contributed by atoms with Crippen molar-refractivity contribution < 1.29 is 14.6 Å². The third-order valence-electron chi connectivity index (χ3n) is 3.49. The van der Waals surface area contributed by atoms with E-state index in [2.05, 4.69) is 23.9 Å². The van der Waals surface area contributed by atoms with Crippen LogP contribution in [0.1, 0.15) is 0 Å². The maximum Gasteiger partial charge on any atom is 0.309 e. The summed E-state index contributed by atoms with van der Waals surface area (Å²) >= 11 is 0. The standard InChI is InChI=1S/C11H20N2O3/c1-12(2)3-9-6-16-7-10(9)13-4-8(5-13)11(14)15/h8-10H,3-7H2,1-2H3,(H,14,15). The second-order valence-corrected chi connectivity index (χ2v) is 5.12. The molecule has 2 rings (SSSR count). The predicted molar refractivity (Wildman–Crippen MR) is 59.3 cm³/mol. The van der Waals surface area contributed by atoms with Gasteiger partial charge in [-0.25, -0.2) is 0 Å². The highest BCUT2D eigenvalue weighted by Crippen LogP contribution is 2.27. The molecule has 1 N–H and O–H groups in total. The van der Waals surface area contributed by atoms with Crippen LogP contribution in [0.2, 0.25) is 0 Å². The van der Waals surface area contributed by atoms with Crippen LogP contribution < -0.4 is 0 Å². The topological polar surface area (TPSA) is 53.0 Å². The molecule has 0 aromatic heterocycles. The average molecular weight is 228 g/mol. The van der Waals surface area contributed by atoms with Crippen molar-refractivity contribution in [3.63, 3.8) is 0 Å². The van der Waals surface area contributed by atoms with Gasteiger partial charge in [-0.2, -0.15) is 0 Å². The summed E-state index contributed by atoms with van der Waals surface area (Å²) < 4.78 is 5.51. The lowest BCUT2D eigenvalue weighted by Gasteiger charge is -2.42. The number of rotatable bonds is 4. The van der Waals surface area contributed by atoms with E-state index in [1.807, 2.05) is 0 Å². The summed E-state index contributed by atoms with van der Waals surface area (Å²) in [5, 5.41) is 8.84. The summed E-state index contributed by atoms with van der Waals surface area (Å²) in [5.74, 6) is -0.315. The van der Waals surface area contributed by atoms with Gasteiger partial charge in [-0.05, 0) is 14.1 Å². The maximum atomic E-state index is 10.7. The lowest BCUT2D eigenvalue weighted by molar-refractivity contribution is -0.149. The zero-order chi connectivity index (χ0) is 11.7. The van der Waals surface area contributed by atoms with Crippen molar-refractivity contribution in [3.05, 3.63) is 0 Å². The number of ether oxygens (including phenoxy) is 1. The van der Waals surface area contributed by atoms with Crippen molar-refractivity contribution in [1.29, 1.82) is 0 Å². The molecule has 2 aliphatic heterocycles. The zero-order valence-electron chi connectivity index (χ0n) is 9.93. The van der Waals surface area contributed by atoms with E-state index < -0.39 is 5.97 Å². The Labute approximate surface area is 96.0 Å². The molecule has 92 valence electrons. The van der Waals surface area contributed by atoms with Crippen molar-refractivity contribution >= 4 is 5.97 Å². The number of hydrogen-bond donors (Lipinski definition) is 1. The van der Waals surface area contributed by atoms with Crippen LogP contribution in [0, 0.1) is 11.8 Å². The molecule has 0 aromatic carbocycles. The molecule has 0 aromatic rings. The quantitative estimate of drug-likeness (QED) is 0.708. The fourth-order valence-corrected chi connectivity index (χ4v) is 2.57. The third kappa shape index (κ3) is 2.36. The first-order chi connectivity index (χ1) is 7.58. The largest absolute Gasteiger partial charge is 0.481 e. The van der Waals surface area contributed by atoms with Crippen LogP contribution in [0.3, 0.4) is 0 Å². The minimum atomic E-state index is -0.667. The number of carboxylic acid groups (broad SMARTS) is 1. The Kier molecular flexibility index (Phi) is 3.47. The Morgan fingerprint density at radius 2 is 2.12 bits per heavy atom. The summed E-state index contributed by atoms with van der Waals surface area (Å²) in [7, 11) is 4.12. The molecule has 2 fully saturated rings. The number of carbonyl (C=O) groups is 1. The van der Waals surface area contributed by atoms with Gasteiger partial charge in [0.1, 0.15) is 0 Å². The molecule has 0 aliphatic carbocycles. The van der Waals surface area contributed by atoms with Crippen LogP contribution in [0.4, 0.5) is 0 Å². The van der Waals surface area contributed by atoms with E-state index in [1.54, 1.807) is 0 Å². The molecular weight excluding hydrogens is 208 g/mol. The third-order valence-corrected chi connectivity index (χ3v) is 3.49. The van der Waals surface area contributed by atoms with E-state index in [4.69, 9.17) is 9.84 Å². The zero-order valence-corrected chi connectivity index (χ0v) is 9.93. The van der Waals surface area contributed by atoms with Crippen molar-refractivity contribution in [2.24, 2.45) is 11.8 Å². The highest BCUT2D eigenvalue weighted by atomic mass is 16.5. The highest BCUT2D eigenvalue weighted by Gasteiger charge is 2.42. The Balaban J connectivity index is 1.83. The van der Waals surface area contributed by atoms with Crippen LogP contribution in [0.5, 0.6) is 0 Å². The average Bonchev–Trinajstić information content (AvgIpc) is 2.48. The molecule has 0 saturated carbocycles. The van der Waals surface area contributed by atoms with Crippen LogP contribution in [0.25, 0.3) is 0 Å². The summed E-state index contributed by atoms with van der Waals surface area (Å²) in [4.78, 5) is 15.2. The molecule has 2 atom stereocenters. The summed E-state index contributed by atoms with van der Waals surface area (Å²) in [6, 6.07) is 0.415. The van der Waals surface area contributed by atoms with Gasteiger partial charge in [0.25, 0.3) is 0 Å². The summed E-state index contributed by atoms with van der Waals surface area (Å²) in [6.45, 7) is 3.95. The van der Waals surface area contributed by atoms with E-state index >= 15 is 0 Å². The molecule has 2 heterocycles.